The lowest BCUT2D eigenvalue weighted by molar-refractivity contribution is -0.384. The number of amides is 1. The van der Waals surface area contributed by atoms with Gasteiger partial charge in [-0.1, -0.05) is 12.1 Å². The Morgan fingerprint density at radius 2 is 2.00 bits per heavy atom. The Bertz CT molecular complexity index is 964. The molecule has 0 spiro atoms. The van der Waals surface area contributed by atoms with Crippen molar-refractivity contribution >= 4 is 17.4 Å². The van der Waals surface area contributed by atoms with E-state index in [1.165, 1.54) is 12.1 Å². The van der Waals surface area contributed by atoms with Crippen molar-refractivity contribution in [3.63, 3.8) is 0 Å². The number of carbonyl (C=O) groups is 1. The minimum Gasteiger partial charge on any atom is -0.305 e. The molecular formula is C17H15N5O3. The molecule has 126 valence electrons. The number of aromatic amines is 1. The van der Waals surface area contributed by atoms with Gasteiger partial charge < -0.3 is 5.32 Å². The highest BCUT2D eigenvalue weighted by Crippen LogP contribution is 2.24. The number of nitrogens with zero attached hydrogens (tertiary/aromatic N) is 3. The van der Waals surface area contributed by atoms with Crippen molar-refractivity contribution in [2.45, 2.75) is 13.8 Å². The first-order valence-corrected chi connectivity index (χ1v) is 7.50. The maximum Gasteiger partial charge on any atom is 0.270 e. The van der Waals surface area contributed by atoms with Gasteiger partial charge in [0, 0.05) is 29.5 Å². The van der Waals surface area contributed by atoms with Crippen LogP contribution in [0.5, 0.6) is 0 Å². The summed E-state index contributed by atoms with van der Waals surface area (Å²) in [6.45, 7) is 3.62. The number of nitro benzene ring substituents is 1. The molecule has 2 heterocycles. The van der Waals surface area contributed by atoms with Gasteiger partial charge in [-0.3, -0.25) is 25.0 Å². The molecule has 1 amide bonds. The van der Waals surface area contributed by atoms with Gasteiger partial charge in [0.25, 0.3) is 11.6 Å². The number of hydrogen-bond donors (Lipinski definition) is 2. The molecule has 0 aliphatic heterocycles. The summed E-state index contributed by atoms with van der Waals surface area (Å²) in [6, 6.07) is 11.3. The molecule has 8 heteroatoms. The molecule has 0 radical (unpaired) electrons. The van der Waals surface area contributed by atoms with Gasteiger partial charge in [0.1, 0.15) is 0 Å². The van der Waals surface area contributed by atoms with Crippen LogP contribution in [-0.4, -0.2) is 26.0 Å². The Balaban J connectivity index is 1.81. The number of benzene rings is 1. The van der Waals surface area contributed by atoms with E-state index >= 15 is 0 Å². The van der Waals surface area contributed by atoms with Gasteiger partial charge in [0.15, 0.2) is 5.82 Å². The van der Waals surface area contributed by atoms with E-state index in [9.17, 15) is 14.9 Å². The van der Waals surface area contributed by atoms with E-state index < -0.39 is 4.92 Å². The van der Waals surface area contributed by atoms with Crippen molar-refractivity contribution in [2.24, 2.45) is 0 Å². The third-order valence-corrected chi connectivity index (χ3v) is 3.66. The fourth-order valence-electron chi connectivity index (χ4n) is 2.43. The average molecular weight is 337 g/mol. The summed E-state index contributed by atoms with van der Waals surface area (Å²) >= 11 is 0. The summed E-state index contributed by atoms with van der Waals surface area (Å²) in [5.41, 5.74) is 3.09. The summed E-state index contributed by atoms with van der Waals surface area (Å²) in [5.74, 6) is 0.00794. The number of carbonyl (C=O) groups excluding carboxylic acids is 1. The summed E-state index contributed by atoms with van der Waals surface area (Å²) in [4.78, 5) is 27.0. The molecule has 0 saturated heterocycles. The van der Waals surface area contributed by atoms with E-state index in [0.717, 1.165) is 5.69 Å². The fraction of sp³-hybridized carbons (Fsp3) is 0.118. The molecule has 1 aromatic carbocycles. The Kier molecular flexibility index (Phi) is 4.25. The number of nitro groups is 1. The Hall–Kier alpha value is -3.55. The Morgan fingerprint density at radius 3 is 2.72 bits per heavy atom. The number of aromatic nitrogens is 3. The summed E-state index contributed by atoms with van der Waals surface area (Å²) < 4.78 is 0. The van der Waals surface area contributed by atoms with Crippen LogP contribution in [0.15, 0.2) is 42.5 Å². The molecule has 0 bridgehead atoms. The molecule has 0 fully saturated rings. The molecule has 0 aliphatic rings. The molecule has 8 nitrogen and oxygen atoms in total. The van der Waals surface area contributed by atoms with Crippen molar-refractivity contribution in [1.82, 2.24) is 15.2 Å². The number of nitrogens with one attached hydrogen (secondary N) is 2. The van der Waals surface area contributed by atoms with Crippen molar-refractivity contribution in [1.29, 1.82) is 0 Å². The summed E-state index contributed by atoms with van der Waals surface area (Å²) in [6.07, 6.45) is 0. The second-order valence-corrected chi connectivity index (χ2v) is 5.51. The monoisotopic (exact) mass is 337 g/mol. The highest BCUT2D eigenvalue weighted by atomic mass is 16.6. The van der Waals surface area contributed by atoms with Gasteiger partial charge in [-0.25, -0.2) is 0 Å². The summed E-state index contributed by atoms with van der Waals surface area (Å²) in [5, 5.41) is 20.4. The first kappa shape index (κ1) is 16.3. The van der Waals surface area contributed by atoms with Gasteiger partial charge >= 0.3 is 0 Å². The average Bonchev–Trinajstić information content (AvgIpc) is 3.03. The third-order valence-electron chi connectivity index (χ3n) is 3.66. The zero-order chi connectivity index (χ0) is 18.0. The second kappa shape index (κ2) is 6.52. The molecule has 0 unspecified atom stereocenters. The number of hydrogen-bond acceptors (Lipinski definition) is 5. The van der Waals surface area contributed by atoms with E-state index in [4.69, 9.17) is 0 Å². The van der Waals surface area contributed by atoms with E-state index in [2.05, 4.69) is 20.5 Å². The van der Waals surface area contributed by atoms with Crippen LogP contribution in [0.2, 0.25) is 0 Å². The zero-order valence-electron chi connectivity index (χ0n) is 13.6. The van der Waals surface area contributed by atoms with E-state index in [1.807, 2.05) is 6.92 Å². The zero-order valence-corrected chi connectivity index (χ0v) is 13.6. The quantitative estimate of drug-likeness (QED) is 0.560. The molecular weight excluding hydrogens is 322 g/mol. The number of rotatable bonds is 4. The maximum atomic E-state index is 12.3. The third kappa shape index (κ3) is 3.52. The number of non-ortho nitro benzene ring substituents is 1. The van der Waals surface area contributed by atoms with Crippen molar-refractivity contribution in [3.8, 4) is 11.3 Å². The second-order valence-electron chi connectivity index (χ2n) is 5.51. The largest absolute Gasteiger partial charge is 0.305 e. The fourth-order valence-corrected chi connectivity index (χ4v) is 2.43. The molecule has 25 heavy (non-hydrogen) atoms. The first-order chi connectivity index (χ1) is 11.9. The highest BCUT2D eigenvalue weighted by Gasteiger charge is 2.13. The van der Waals surface area contributed by atoms with Gasteiger partial charge in [0.05, 0.1) is 21.9 Å². The van der Waals surface area contributed by atoms with Crippen LogP contribution in [0, 0.1) is 24.0 Å². The SMILES string of the molecule is Cc1ccc(C(=O)Nc2cc(-c3cccc([N+](=O)[O-])c3)[nH]n2)c(C)n1. The lowest BCUT2D eigenvalue weighted by atomic mass is 10.1. The van der Waals surface area contributed by atoms with Gasteiger partial charge in [0.2, 0.25) is 0 Å². The Morgan fingerprint density at radius 1 is 1.20 bits per heavy atom. The van der Waals surface area contributed by atoms with Crippen LogP contribution in [0.1, 0.15) is 21.7 Å². The van der Waals surface area contributed by atoms with Crippen LogP contribution in [0.25, 0.3) is 11.3 Å². The molecule has 2 aromatic heterocycles. The van der Waals surface area contributed by atoms with Crippen LogP contribution in [0.4, 0.5) is 11.5 Å². The topological polar surface area (TPSA) is 114 Å². The predicted molar refractivity (Wildman–Crippen MR) is 92.3 cm³/mol. The molecule has 2 N–H and O–H groups in total. The molecule has 0 aliphatic carbocycles. The predicted octanol–water partition coefficient (Wildman–Crippen LogP) is 3.25. The van der Waals surface area contributed by atoms with E-state index in [1.54, 1.807) is 37.3 Å². The van der Waals surface area contributed by atoms with Gasteiger partial charge in [-0.2, -0.15) is 5.10 Å². The summed E-state index contributed by atoms with van der Waals surface area (Å²) in [7, 11) is 0. The molecule has 0 atom stereocenters. The lowest BCUT2D eigenvalue weighted by Gasteiger charge is -2.05. The highest BCUT2D eigenvalue weighted by molar-refractivity contribution is 6.04. The van der Waals surface area contributed by atoms with Gasteiger partial charge in [-0.05, 0) is 26.0 Å². The number of H-pyrrole nitrogens is 1. The number of anilines is 1. The van der Waals surface area contributed by atoms with E-state index in [-0.39, 0.29) is 11.6 Å². The molecule has 0 saturated carbocycles. The smallest absolute Gasteiger partial charge is 0.270 e. The normalized spacial score (nSPS) is 10.5. The number of pyridine rings is 1. The van der Waals surface area contributed by atoms with E-state index in [0.29, 0.717) is 28.3 Å². The number of aryl methyl sites for hydroxylation is 2. The molecule has 3 rings (SSSR count). The standard InChI is InChI=1S/C17H15N5O3/c1-10-6-7-14(11(2)18-10)17(23)19-16-9-15(20-21-16)12-4-3-5-13(8-12)22(24)25/h3-9H,1-2H3,(H2,19,20,21,23). The minimum absolute atomic E-state index is 0.0148. The Labute approximate surface area is 143 Å². The molecule has 3 aromatic rings. The first-order valence-electron chi connectivity index (χ1n) is 7.50. The van der Waals surface area contributed by atoms with Gasteiger partial charge in [-0.15, -0.1) is 0 Å². The lowest BCUT2D eigenvalue weighted by Crippen LogP contribution is -2.14. The van der Waals surface area contributed by atoms with Crippen LogP contribution < -0.4 is 5.32 Å². The maximum absolute atomic E-state index is 12.3. The van der Waals surface area contributed by atoms with Crippen LogP contribution in [-0.2, 0) is 0 Å². The minimum atomic E-state index is -0.463. The van der Waals surface area contributed by atoms with Crippen LogP contribution >= 0.6 is 0 Å². The van der Waals surface area contributed by atoms with Crippen LogP contribution in [0.3, 0.4) is 0 Å². The van der Waals surface area contributed by atoms with Crippen molar-refractivity contribution in [2.75, 3.05) is 5.32 Å². The van der Waals surface area contributed by atoms with Crippen molar-refractivity contribution < 1.29 is 9.72 Å². The van der Waals surface area contributed by atoms with Crippen molar-refractivity contribution in [3.05, 3.63) is 69.5 Å².